The third kappa shape index (κ3) is 0.998. The molecular formula is C12H15N. The van der Waals surface area contributed by atoms with Crippen LogP contribution in [0.2, 0.25) is 0 Å². The van der Waals surface area contributed by atoms with Crippen molar-refractivity contribution >= 4 is 10.9 Å². The molecule has 1 aliphatic rings. The number of aromatic nitrogens is 1. The zero-order valence-corrected chi connectivity index (χ0v) is 7.64. The van der Waals surface area contributed by atoms with Gasteiger partial charge in [-0.25, -0.2) is 0 Å². The Morgan fingerprint density at radius 1 is 1.08 bits per heavy atom. The Balaban J connectivity index is 0.000000750. The van der Waals surface area contributed by atoms with E-state index in [1.807, 2.05) is 0 Å². The maximum absolute atomic E-state index is 3.52. The van der Waals surface area contributed by atoms with Gasteiger partial charge in [-0.2, -0.15) is 0 Å². The van der Waals surface area contributed by atoms with Gasteiger partial charge in [0.25, 0.3) is 0 Å². The van der Waals surface area contributed by atoms with Crippen molar-refractivity contribution in [3.8, 4) is 0 Å². The van der Waals surface area contributed by atoms with Gasteiger partial charge in [0.05, 0.1) is 0 Å². The molecular weight excluding hydrogens is 158 g/mol. The minimum absolute atomic E-state index is 0. The fourth-order valence-corrected chi connectivity index (χ4v) is 2.36. The van der Waals surface area contributed by atoms with E-state index in [4.69, 9.17) is 0 Å². The zero-order chi connectivity index (χ0) is 8.67. The number of para-hydroxylation sites is 1. The molecule has 1 heteroatoms. The normalized spacial score (nSPS) is 16.0. The lowest BCUT2D eigenvalue weighted by atomic mass is 9.96. The van der Waals surface area contributed by atoms with Crippen molar-refractivity contribution in [3.63, 3.8) is 0 Å². The molecule has 1 aliphatic carbocycles. The summed E-state index contributed by atoms with van der Waals surface area (Å²) in [6, 6.07) is 8.64. The molecule has 3 rings (SSSR count). The highest BCUT2D eigenvalue weighted by Crippen LogP contribution is 2.28. The predicted molar refractivity (Wildman–Crippen MR) is 57.1 cm³/mol. The van der Waals surface area contributed by atoms with Crippen LogP contribution in [0.5, 0.6) is 0 Å². The first kappa shape index (κ1) is 7.19. The lowest BCUT2D eigenvalue weighted by molar-refractivity contribution is 0.680. The van der Waals surface area contributed by atoms with Gasteiger partial charge in [0.2, 0.25) is 0 Å². The molecule has 2 aromatic rings. The van der Waals surface area contributed by atoms with E-state index >= 15 is 0 Å². The smallest absolute Gasteiger partial charge is 0.0458 e. The van der Waals surface area contributed by atoms with E-state index in [1.54, 1.807) is 5.56 Å². The summed E-state index contributed by atoms with van der Waals surface area (Å²) >= 11 is 0. The number of hydrogen-bond acceptors (Lipinski definition) is 0. The molecule has 0 aliphatic heterocycles. The van der Waals surface area contributed by atoms with Gasteiger partial charge in [-0.3, -0.25) is 0 Å². The van der Waals surface area contributed by atoms with E-state index in [0.29, 0.717) is 0 Å². The molecule has 0 spiro atoms. The number of aromatic amines is 1. The molecule has 1 N–H and O–H groups in total. The molecule has 0 unspecified atom stereocenters. The Kier molecular flexibility index (Phi) is 1.45. The van der Waals surface area contributed by atoms with Gasteiger partial charge in [-0.15, -0.1) is 0 Å². The summed E-state index contributed by atoms with van der Waals surface area (Å²) in [5.41, 5.74) is 4.36. The second kappa shape index (κ2) is 2.63. The van der Waals surface area contributed by atoms with Crippen molar-refractivity contribution in [1.82, 2.24) is 4.98 Å². The quantitative estimate of drug-likeness (QED) is 0.629. The van der Waals surface area contributed by atoms with Crippen LogP contribution in [0.4, 0.5) is 0 Å². The summed E-state index contributed by atoms with van der Waals surface area (Å²) in [7, 11) is 0. The van der Waals surface area contributed by atoms with Crippen molar-refractivity contribution in [2.24, 2.45) is 0 Å². The zero-order valence-electron chi connectivity index (χ0n) is 7.64. The summed E-state index contributed by atoms with van der Waals surface area (Å²) in [5.74, 6) is 0. The van der Waals surface area contributed by atoms with Gasteiger partial charge in [0.1, 0.15) is 0 Å². The van der Waals surface area contributed by atoms with Crippen molar-refractivity contribution < 1.29 is 1.43 Å². The fourth-order valence-electron chi connectivity index (χ4n) is 2.36. The van der Waals surface area contributed by atoms with Gasteiger partial charge in [0, 0.05) is 18.0 Å². The van der Waals surface area contributed by atoms with Gasteiger partial charge in [-0.1, -0.05) is 18.2 Å². The molecule has 0 atom stereocenters. The molecule has 13 heavy (non-hydrogen) atoms. The first-order valence-electron chi connectivity index (χ1n) is 5.03. The minimum Gasteiger partial charge on any atom is -0.358 e. The monoisotopic (exact) mass is 173 g/mol. The number of hydrogen-bond donors (Lipinski definition) is 1. The highest BCUT2D eigenvalue weighted by molar-refractivity contribution is 5.84. The molecule has 0 saturated carbocycles. The number of rotatable bonds is 0. The van der Waals surface area contributed by atoms with E-state index in [0.717, 1.165) is 0 Å². The lowest BCUT2D eigenvalue weighted by Crippen LogP contribution is -1.99. The van der Waals surface area contributed by atoms with E-state index in [1.165, 1.54) is 42.3 Å². The molecule has 0 saturated heterocycles. The average molecular weight is 173 g/mol. The second-order valence-corrected chi connectivity index (χ2v) is 3.83. The van der Waals surface area contributed by atoms with Crippen LogP contribution >= 0.6 is 0 Å². The van der Waals surface area contributed by atoms with Gasteiger partial charge in [-0.05, 0) is 37.3 Å². The average Bonchev–Trinajstić information content (AvgIpc) is 2.56. The van der Waals surface area contributed by atoms with E-state index < -0.39 is 0 Å². The molecule has 0 radical (unpaired) electrons. The number of nitrogens with one attached hydrogen (secondary N) is 1. The number of aryl methyl sites for hydroxylation is 2. The summed E-state index contributed by atoms with van der Waals surface area (Å²) in [4.78, 5) is 3.52. The molecule has 68 valence electrons. The van der Waals surface area contributed by atoms with Crippen LogP contribution in [-0.2, 0) is 12.8 Å². The molecule has 0 amide bonds. The standard InChI is InChI=1S/C12H13N.H2/c1-3-7-11-9(5-1)10-6-2-4-8-12(10)13-11;/h1,3,5,7,13H,2,4,6,8H2;1H. The fraction of sp³-hybridized carbons (Fsp3) is 0.333. The highest BCUT2D eigenvalue weighted by atomic mass is 14.7. The second-order valence-electron chi connectivity index (χ2n) is 3.83. The SMILES string of the molecule is [HH].c1ccc2c3c([nH]c2c1)CCCC3. The molecule has 1 heterocycles. The topological polar surface area (TPSA) is 15.8 Å². The Labute approximate surface area is 79.3 Å². The summed E-state index contributed by atoms with van der Waals surface area (Å²) in [6.07, 6.45) is 5.21. The third-order valence-corrected chi connectivity index (χ3v) is 3.01. The Bertz CT molecular complexity index is 445. The van der Waals surface area contributed by atoms with E-state index in [-0.39, 0.29) is 1.43 Å². The van der Waals surface area contributed by atoms with Crippen molar-refractivity contribution in [2.75, 3.05) is 0 Å². The van der Waals surface area contributed by atoms with Gasteiger partial charge < -0.3 is 4.98 Å². The van der Waals surface area contributed by atoms with E-state index in [2.05, 4.69) is 29.2 Å². The molecule has 1 aromatic carbocycles. The molecule has 1 nitrogen and oxygen atoms in total. The van der Waals surface area contributed by atoms with Gasteiger partial charge in [0.15, 0.2) is 0 Å². The van der Waals surface area contributed by atoms with E-state index in [9.17, 15) is 0 Å². The largest absolute Gasteiger partial charge is 0.358 e. The minimum atomic E-state index is 0. The van der Waals surface area contributed by atoms with Crippen LogP contribution < -0.4 is 0 Å². The van der Waals surface area contributed by atoms with Crippen LogP contribution in [0, 0.1) is 0 Å². The molecule has 0 bridgehead atoms. The highest BCUT2D eigenvalue weighted by Gasteiger charge is 2.13. The Morgan fingerprint density at radius 3 is 2.92 bits per heavy atom. The number of H-pyrrole nitrogens is 1. The maximum Gasteiger partial charge on any atom is 0.0458 e. The first-order chi connectivity index (χ1) is 6.45. The van der Waals surface area contributed by atoms with Crippen molar-refractivity contribution in [2.45, 2.75) is 25.7 Å². The number of benzene rings is 1. The third-order valence-electron chi connectivity index (χ3n) is 3.01. The van der Waals surface area contributed by atoms with Crippen LogP contribution in [0.3, 0.4) is 0 Å². The van der Waals surface area contributed by atoms with Crippen LogP contribution in [0.15, 0.2) is 24.3 Å². The molecule has 1 aromatic heterocycles. The van der Waals surface area contributed by atoms with Crippen LogP contribution in [-0.4, -0.2) is 4.98 Å². The Hall–Kier alpha value is -1.24. The number of fused-ring (bicyclic) bond motifs is 3. The predicted octanol–water partition coefficient (Wildman–Crippen LogP) is 3.29. The van der Waals surface area contributed by atoms with Gasteiger partial charge >= 0.3 is 0 Å². The maximum atomic E-state index is 3.52. The van der Waals surface area contributed by atoms with Crippen molar-refractivity contribution in [1.29, 1.82) is 0 Å². The Morgan fingerprint density at radius 2 is 1.92 bits per heavy atom. The summed E-state index contributed by atoms with van der Waals surface area (Å²) in [6.45, 7) is 0. The summed E-state index contributed by atoms with van der Waals surface area (Å²) in [5, 5.41) is 1.44. The van der Waals surface area contributed by atoms with Crippen molar-refractivity contribution in [3.05, 3.63) is 35.5 Å². The lowest BCUT2D eigenvalue weighted by Gasteiger charge is -2.10. The van der Waals surface area contributed by atoms with Crippen LogP contribution in [0.25, 0.3) is 10.9 Å². The summed E-state index contributed by atoms with van der Waals surface area (Å²) < 4.78 is 0. The molecule has 0 fully saturated rings. The first-order valence-corrected chi connectivity index (χ1v) is 5.03. The van der Waals surface area contributed by atoms with Crippen LogP contribution in [0.1, 0.15) is 25.5 Å².